The van der Waals surface area contributed by atoms with E-state index in [4.69, 9.17) is 0 Å². The van der Waals surface area contributed by atoms with Crippen LogP contribution in [0.5, 0.6) is 0 Å². The molecular weight excluding hydrogens is 380 g/mol. The number of carbonyl (C=O) groups is 2. The summed E-state index contributed by atoms with van der Waals surface area (Å²) in [5.41, 5.74) is 3.58. The molecule has 1 aromatic heterocycles. The summed E-state index contributed by atoms with van der Waals surface area (Å²) in [4.78, 5) is 31.2. The lowest BCUT2D eigenvalue weighted by atomic mass is 9.92. The number of carbonyl (C=O) groups excluding carboxylic acids is 2. The minimum Gasteiger partial charge on any atom is -0.331 e. The van der Waals surface area contributed by atoms with E-state index < -0.39 is 0 Å². The van der Waals surface area contributed by atoms with Crippen molar-refractivity contribution < 1.29 is 9.59 Å². The second kappa shape index (κ2) is 9.57. The molecule has 1 aliphatic rings. The van der Waals surface area contributed by atoms with E-state index in [0.29, 0.717) is 13.0 Å². The van der Waals surface area contributed by atoms with E-state index in [2.05, 4.69) is 49.6 Å². The monoisotopic (exact) mass is 412 g/mol. The summed E-state index contributed by atoms with van der Waals surface area (Å²) in [5, 5.41) is 2.12. The number of benzene rings is 1. The molecule has 29 heavy (non-hydrogen) atoms. The van der Waals surface area contributed by atoms with Gasteiger partial charge in [-0.3, -0.25) is 9.59 Å². The fraction of sp³-hybridized carbons (Fsp3) is 0.500. The Morgan fingerprint density at radius 1 is 1.21 bits per heavy atom. The smallest absolute Gasteiger partial charge is 0.243 e. The zero-order valence-electron chi connectivity index (χ0n) is 18.0. The number of nitrogens with zero attached hydrogens (tertiary/aromatic N) is 2. The quantitative estimate of drug-likeness (QED) is 0.645. The maximum absolute atomic E-state index is 13.5. The van der Waals surface area contributed by atoms with Crippen LogP contribution in [0.15, 0.2) is 35.7 Å². The van der Waals surface area contributed by atoms with Crippen LogP contribution in [0.2, 0.25) is 0 Å². The Kier molecular flexibility index (Phi) is 7.12. The molecule has 2 amide bonds. The fourth-order valence-electron chi connectivity index (χ4n) is 4.00. The van der Waals surface area contributed by atoms with Gasteiger partial charge in [-0.05, 0) is 55.7 Å². The first-order valence-corrected chi connectivity index (χ1v) is 11.6. The maximum atomic E-state index is 13.5. The number of aryl methyl sites for hydroxylation is 1. The highest BCUT2D eigenvalue weighted by atomic mass is 32.1. The molecule has 4 nitrogen and oxygen atoms in total. The first-order valence-electron chi connectivity index (χ1n) is 10.7. The van der Waals surface area contributed by atoms with Gasteiger partial charge in [0, 0.05) is 23.9 Å². The van der Waals surface area contributed by atoms with E-state index in [-0.39, 0.29) is 30.4 Å². The van der Waals surface area contributed by atoms with E-state index in [1.54, 1.807) is 16.2 Å². The predicted octanol–water partition coefficient (Wildman–Crippen LogP) is 4.96. The largest absolute Gasteiger partial charge is 0.331 e. The van der Waals surface area contributed by atoms with Crippen molar-refractivity contribution in [3.63, 3.8) is 0 Å². The van der Waals surface area contributed by atoms with Crippen LogP contribution in [-0.2, 0) is 16.0 Å². The highest BCUT2D eigenvalue weighted by molar-refractivity contribution is 7.10. The first kappa shape index (κ1) is 21.6. The lowest BCUT2D eigenvalue weighted by molar-refractivity contribution is -0.143. The van der Waals surface area contributed by atoms with Crippen molar-refractivity contribution in [2.24, 2.45) is 0 Å². The highest BCUT2D eigenvalue weighted by Crippen LogP contribution is 2.38. The lowest BCUT2D eigenvalue weighted by Crippen LogP contribution is -2.49. The minimum absolute atomic E-state index is 0.0391. The number of thiophene rings is 1. The Hall–Kier alpha value is -2.14. The molecule has 3 rings (SSSR count). The Morgan fingerprint density at radius 3 is 2.59 bits per heavy atom. The summed E-state index contributed by atoms with van der Waals surface area (Å²) in [5.74, 6) is 0.118. The topological polar surface area (TPSA) is 40.6 Å². The molecule has 0 aliphatic carbocycles. The maximum Gasteiger partial charge on any atom is 0.243 e. The van der Waals surface area contributed by atoms with Crippen molar-refractivity contribution in [1.29, 1.82) is 0 Å². The number of hydrogen-bond acceptors (Lipinski definition) is 3. The Labute approximate surface area is 178 Å². The molecule has 1 aromatic carbocycles. The van der Waals surface area contributed by atoms with Crippen molar-refractivity contribution in [2.75, 3.05) is 13.1 Å². The number of fused-ring (bicyclic) bond motifs is 1. The molecule has 0 spiro atoms. The van der Waals surface area contributed by atoms with Gasteiger partial charge in [0.2, 0.25) is 11.8 Å². The van der Waals surface area contributed by atoms with Gasteiger partial charge in [-0.1, -0.05) is 43.7 Å². The summed E-state index contributed by atoms with van der Waals surface area (Å²) in [6.07, 6.45) is 3.02. The van der Waals surface area contributed by atoms with Crippen LogP contribution in [0.4, 0.5) is 0 Å². The van der Waals surface area contributed by atoms with Crippen molar-refractivity contribution in [2.45, 2.75) is 65.5 Å². The summed E-state index contributed by atoms with van der Waals surface area (Å²) in [7, 11) is 0. The van der Waals surface area contributed by atoms with Crippen LogP contribution >= 0.6 is 11.3 Å². The molecule has 2 atom stereocenters. The summed E-state index contributed by atoms with van der Waals surface area (Å²) in [6, 6.07) is 10.6. The molecule has 0 unspecified atom stereocenters. The van der Waals surface area contributed by atoms with Crippen LogP contribution in [0.1, 0.15) is 67.6 Å². The third-order valence-electron chi connectivity index (χ3n) is 5.89. The molecule has 2 heterocycles. The molecular formula is C24H32N2O2S. The van der Waals surface area contributed by atoms with Crippen LogP contribution < -0.4 is 0 Å². The van der Waals surface area contributed by atoms with Crippen LogP contribution in [-0.4, -0.2) is 40.7 Å². The van der Waals surface area contributed by atoms with Gasteiger partial charge in [-0.2, -0.15) is 0 Å². The Balaban J connectivity index is 1.89. The zero-order valence-corrected chi connectivity index (χ0v) is 18.8. The normalized spacial score (nSPS) is 17.0. The fourth-order valence-corrected chi connectivity index (χ4v) is 4.90. The van der Waals surface area contributed by atoms with Gasteiger partial charge in [-0.25, -0.2) is 0 Å². The second-order valence-electron chi connectivity index (χ2n) is 7.98. The molecule has 156 valence electrons. The van der Waals surface area contributed by atoms with Crippen LogP contribution in [0.25, 0.3) is 0 Å². The summed E-state index contributed by atoms with van der Waals surface area (Å²) >= 11 is 1.77. The molecule has 2 aromatic rings. The van der Waals surface area contributed by atoms with E-state index in [0.717, 1.165) is 24.8 Å². The number of rotatable bonds is 7. The molecule has 0 fully saturated rings. The van der Waals surface area contributed by atoms with Gasteiger partial charge >= 0.3 is 0 Å². The summed E-state index contributed by atoms with van der Waals surface area (Å²) in [6.45, 7) is 9.04. The first-order chi connectivity index (χ1) is 14.0. The van der Waals surface area contributed by atoms with Gasteiger partial charge in [0.15, 0.2) is 0 Å². The van der Waals surface area contributed by atoms with Gasteiger partial charge in [0.25, 0.3) is 0 Å². The Morgan fingerprint density at radius 2 is 1.93 bits per heavy atom. The average Bonchev–Trinajstić information content (AvgIpc) is 3.20. The van der Waals surface area contributed by atoms with Gasteiger partial charge < -0.3 is 9.80 Å². The molecule has 0 saturated heterocycles. The third kappa shape index (κ3) is 4.72. The molecule has 0 radical (unpaired) electrons. The molecule has 0 N–H and O–H groups in total. The van der Waals surface area contributed by atoms with Crippen molar-refractivity contribution in [3.05, 3.63) is 57.3 Å². The minimum atomic E-state index is -0.0711. The lowest BCUT2D eigenvalue weighted by Gasteiger charge is -2.38. The molecule has 1 aliphatic heterocycles. The zero-order chi connectivity index (χ0) is 21.0. The number of amides is 2. The van der Waals surface area contributed by atoms with Gasteiger partial charge in [0.1, 0.15) is 6.54 Å². The van der Waals surface area contributed by atoms with E-state index >= 15 is 0 Å². The number of hydrogen-bond donors (Lipinski definition) is 0. The standard InChI is InChI=1S/C24H32N2O2S/c1-5-7-22(27)26(18(4)6-2)16-23(28)25-14-12-21-20(13-15-29-21)24(25)19-10-8-17(3)9-11-19/h8-11,13,15,18,24H,5-7,12,14,16H2,1-4H3/t18-,24-/m1/s1. The van der Waals surface area contributed by atoms with Gasteiger partial charge in [-0.15, -0.1) is 11.3 Å². The van der Waals surface area contributed by atoms with E-state index in [1.807, 2.05) is 18.7 Å². The highest BCUT2D eigenvalue weighted by Gasteiger charge is 2.34. The molecule has 0 saturated carbocycles. The van der Waals surface area contributed by atoms with Crippen molar-refractivity contribution >= 4 is 23.2 Å². The second-order valence-corrected chi connectivity index (χ2v) is 8.98. The Bertz CT molecular complexity index is 843. The third-order valence-corrected chi connectivity index (χ3v) is 6.89. The predicted molar refractivity (Wildman–Crippen MR) is 119 cm³/mol. The molecule has 5 heteroatoms. The summed E-state index contributed by atoms with van der Waals surface area (Å²) < 4.78 is 0. The van der Waals surface area contributed by atoms with Crippen molar-refractivity contribution in [3.8, 4) is 0 Å². The van der Waals surface area contributed by atoms with E-state index in [9.17, 15) is 9.59 Å². The van der Waals surface area contributed by atoms with E-state index in [1.165, 1.54) is 16.0 Å². The molecule has 0 bridgehead atoms. The van der Waals surface area contributed by atoms with Crippen LogP contribution in [0.3, 0.4) is 0 Å². The van der Waals surface area contributed by atoms with Crippen LogP contribution in [0, 0.1) is 6.92 Å². The SMILES string of the molecule is CCCC(=O)N(CC(=O)N1CCc2sccc2[C@H]1c1ccc(C)cc1)[C@H](C)CC. The van der Waals surface area contributed by atoms with Crippen molar-refractivity contribution in [1.82, 2.24) is 9.80 Å². The average molecular weight is 413 g/mol. The van der Waals surface area contributed by atoms with Gasteiger partial charge in [0.05, 0.1) is 6.04 Å².